The lowest BCUT2D eigenvalue weighted by molar-refractivity contribution is -0.121. The number of hydrogen-bond donors (Lipinski definition) is 2. The zero-order valence-corrected chi connectivity index (χ0v) is 11.9. The van der Waals surface area contributed by atoms with Crippen LogP contribution in [0.1, 0.15) is 6.42 Å². The highest BCUT2D eigenvalue weighted by molar-refractivity contribution is 5.78. The fourth-order valence-electron chi connectivity index (χ4n) is 2.18. The molecule has 0 saturated heterocycles. The van der Waals surface area contributed by atoms with Crippen molar-refractivity contribution in [3.8, 4) is 0 Å². The van der Waals surface area contributed by atoms with Crippen LogP contribution in [0.25, 0.3) is 10.9 Å². The summed E-state index contributed by atoms with van der Waals surface area (Å²) in [4.78, 5) is 11.7. The van der Waals surface area contributed by atoms with E-state index in [1.165, 1.54) is 4.68 Å². The van der Waals surface area contributed by atoms with E-state index in [0.717, 1.165) is 23.9 Å². The Hall–Kier alpha value is -2.97. The lowest BCUT2D eigenvalue weighted by Crippen LogP contribution is -2.29. The van der Waals surface area contributed by atoms with Crippen molar-refractivity contribution in [1.82, 2.24) is 35.3 Å². The van der Waals surface area contributed by atoms with Gasteiger partial charge in [0.15, 0.2) is 0 Å². The monoisotopic (exact) mass is 300 g/mol. The van der Waals surface area contributed by atoms with Crippen LogP contribution in [0.2, 0.25) is 0 Å². The highest BCUT2D eigenvalue weighted by Crippen LogP contribution is 2.12. The molecule has 0 atom stereocenters. The first kappa shape index (κ1) is 14.0. The van der Waals surface area contributed by atoms with E-state index >= 15 is 0 Å². The van der Waals surface area contributed by atoms with E-state index in [9.17, 15) is 4.79 Å². The third kappa shape index (κ3) is 3.03. The van der Waals surface area contributed by atoms with Gasteiger partial charge in [-0.1, -0.05) is 23.3 Å². The van der Waals surface area contributed by atoms with Crippen molar-refractivity contribution >= 4 is 22.8 Å². The van der Waals surface area contributed by atoms with Crippen molar-refractivity contribution in [1.29, 1.82) is 0 Å². The summed E-state index contributed by atoms with van der Waals surface area (Å²) in [5.74, 6) is -0.0533. The number of nitrogens with two attached hydrogens (primary N) is 1. The molecule has 0 aliphatic heterocycles. The van der Waals surface area contributed by atoms with Gasteiger partial charge in [0.05, 0.1) is 11.7 Å². The van der Waals surface area contributed by atoms with E-state index in [2.05, 4.69) is 25.9 Å². The van der Waals surface area contributed by atoms with Gasteiger partial charge in [0, 0.05) is 18.5 Å². The Labute approximate surface area is 126 Å². The second-order valence-corrected chi connectivity index (χ2v) is 4.82. The molecule has 0 aliphatic rings. The number of tetrazole rings is 1. The van der Waals surface area contributed by atoms with Gasteiger partial charge in [-0.15, -0.1) is 0 Å². The number of benzene rings is 1. The molecule has 9 nitrogen and oxygen atoms in total. The van der Waals surface area contributed by atoms with Crippen LogP contribution in [0, 0.1) is 0 Å². The third-order valence-corrected chi connectivity index (χ3v) is 3.27. The van der Waals surface area contributed by atoms with Crippen LogP contribution in [0.5, 0.6) is 0 Å². The second-order valence-electron chi connectivity index (χ2n) is 4.82. The Bertz CT molecular complexity index is 777. The first-order valence-corrected chi connectivity index (χ1v) is 6.93. The zero-order valence-electron chi connectivity index (χ0n) is 11.9. The van der Waals surface area contributed by atoms with Gasteiger partial charge in [0.25, 0.3) is 0 Å². The standard InChI is InChI=1S/C13H16N8O/c14-13-17-18-19-21(13)9-12(22)15-6-3-7-20-11-5-2-1-4-10(11)8-16-20/h1-2,4-5,8H,3,6-7,9H2,(H,15,22)(H2,14,17,19). The van der Waals surface area contributed by atoms with E-state index in [0.29, 0.717) is 6.54 Å². The molecule has 0 bridgehead atoms. The molecule has 3 rings (SSSR count). The van der Waals surface area contributed by atoms with Crippen LogP contribution in [-0.4, -0.2) is 42.4 Å². The van der Waals surface area contributed by atoms with Gasteiger partial charge < -0.3 is 11.1 Å². The minimum atomic E-state index is -0.177. The van der Waals surface area contributed by atoms with E-state index in [-0.39, 0.29) is 18.4 Å². The molecule has 3 aromatic rings. The molecule has 0 radical (unpaired) electrons. The number of carbonyl (C=O) groups is 1. The minimum Gasteiger partial charge on any atom is -0.367 e. The van der Waals surface area contributed by atoms with Crippen molar-refractivity contribution < 1.29 is 4.79 Å². The Morgan fingerprint density at radius 2 is 2.14 bits per heavy atom. The van der Waals surface area contributed by atoms with Crippen molar-refractivity contribution in [3.63, 3.8) is 0 Å². The van der Waals surface area contributed by atoms with Crippen LogP contribution in [-0.2, 0) is 17.9 Å². The predicted octanol–water partition coefficient (Wildman–Crippen LogP) is -0.189. The molecular formula is C13H16N8O. The van der Waals surface area contributed by atoms with Crippen LogP contribution >= 0.6 is 0 Å². The number of hydrogen-bond acceptors (Lipinski definition) is 6. The number of aromatic nitrogens is 6. The fraction of sp³-hybridized carbons (Fsp3) is 0.308. The molecule has 3 N–H and O–H groups in total. The van der Waals surface area contributed by atoms with Gasteiger partial charge in [0.1, 0.15) is 6.54 Å². The summed E-state index contributed by atoms with van der Waals surface area (Å²) in [6.45, 7) is 1.30. The van der Waals surface area contributed by atoms with E-state index in [1.807, 2.05) is 35.1 Å². The van der Waals surface area contributed by atoms with Crippen LogP contribution < -0.4 is 11.1 Å². The van der Waals surface area contributed by atoms with Crippen molar-refractivity contribution in [2.75, 3.05) is 12.3 Å². The molecule has 114 valence electrons. The molecule has 1 amide bonds. The number of carbonyl (C=O) groups excluding carboxylic acids is 1. The maximum Gasteiger partial charge on any atom is 0.241 e. The van der Waals surface area contributed by atoms with E-state index < -0.39 is 0 Å². The summed E-state index contributed by atoms with van der Waals surface area (Å²) < 4.78 is 3.18. The first-order chi connectivity index (χ1) is 10.7. The van der Waals surface area contributed by atoms with Crippen LogP contribution in [0.3, 0.4) is 0 Å². The Morgan fingerprint density at radius 1 is 1.27 bits per heavy atom. The minimum absolute atomic E-state index is 0.0174. The smallest absolute Gasteiger partial charge is 0.241 e. The quantitative estimate of drug-likeness (QED) is 0.609. The van der Waals surface area contributed by atoms with Gasteiger partial charge in [0.2, 0.25) is 11.9 Å². The van der Waals surface area contributed by atoms with Gasteiger partial charge in [-0.05, 0) is 22.9 Å². The Kier molecular flexibility index (Phi) is 3.95. The maximum absolute atomic E-state index is 11.7. The number of fused-ring (bicyclic) bond motifs is 1. The average molecular weight is 300 g/mol. The molecule has 0 saturated carbocycles. The second kappa shape index (κ2) is 6.20. The van der Waals surface area contributed by atoms with Crippen LogP contribution in [0.15, 0.2) is 30.5 Å². The predicted molar refractivity (Wildman–Crippen MR) is 79.6 cm³/mol. The fourth-order valence-corrected chi connectivity index (χ4v) is 2.18. The molecule has 2 heterocycles. The summed E-state index contributed by atoms with van der Waals surface area (Å²) >= 11 is 0. The molecule has 9 heteroatoms. The lowest BCUT2D eigenvalue weighted by atomic mass is 10.2. The number of nitrogens with one attached hydrogen (secondary N) is 1. The molecule has 0 unspecified atom stereocenters. The van der Waals surface area contributed by atoms with Crippen molar-refractivity contribution in [3.05, 3.63) is 30.5 Å². The molecular weight excluding hydrogens is 284 g/mol. The summed E-state index contributed by atoms with van der Waals surface area (Å²) in [6, 6.07) is 8.02. The van der Waals surface area contributed by atoms with Crippen LogP contribution in [0.4, 0.5) is 5.95 Å². The third-order valence-electron chi connectivity index (χ3n) is 3.27. The van der Waals surface area contributed by atoms with Crippen molar-refractivity contribution in [2.45, 2.75) is 19.5 Å². The maximum atomic E-state index is 11.7. The summed E-state index contributed by atoms with van der Waals surface area (Å²) in [7, 11) is 0. The Balaban J connectivity index is 1.45. The lowest BCUT2D eigenvalue weighted by Gasteiger charge is -2.06. The van der Waals surface area contributed by atoms with Gasteiger partial charge in [-0.2, -0.15) is 5.10 Å². The van der Waals surface area contributed by atoms with E-state index in [4.69, 9.17) is 5.73 Å². The highest BCUT2D eigenvalue weighted by Gasteiger charge is 2.07. The Morgan fingerprint density at radius 3 is 2.95 bits per heavy atom. The summed E-state index contributed by atoms with van der Waals surface area (Å²) in [5, 5.41) is 18.8. The highest BCUT2D eigenvalue weighted by atomic mass is 16.2. The van der Waals surface area contributed by atoms with Gasteiger partial charge in [-0.25, -0.2) is 4.68 Å². The van der Waals surface area contributed by atoms with Gasteiger partial charge in [-0.3, -0.25) is 9.48 Å². The number of nitrogens with zero attached hydrogens (tertiary/aromatic N) is 6. The van der Waals surface area contributed by atoms with Crippen molar-refractivity contribution in [2.24, 2.45) is 0 Å². The topological polar surface area (TPSA) is 117 Å². The summed E-state index contributed by atoms with van der Waals surface area (Å²) in [6.07, 6.45) is 2.62. The first-order valence-electron chi connectivity index (χ1n) is 6.93. The number of aryl methyl sites for hydroxylation is 1. The normalized spacial score (nSPS) is 10.9. The number of para-hydroxylation sites is 1. The zero-order chi connectivity index (χ0) is 15.4. The molecule has 2 aromatic heterocycles. The summed E-state index contributed by atoms with van der Waals surface area (Å²) in [5.41, 5.74) is 6.59. The molecule has 0 fully saturated rings. The SMILES string of the molecule is Nc1nnnn1CC(=O)NCCCn1ncc2ccccc21. The number of rotatable bonds is 6. The molecule has 1 aromatic carbocycles. The average Bonchev–Trinajstić information content (AvgIpc) is 3.11. The number of amides is 1. The number of nitrogen functional groups attached to an aromatic ring is 1. The number of anilines is 1. The van der Waals surface area contributed by atoms with Gasteiger partial charge >= 0.3 is 0 Å². The van der Waals surface area contributed by atoms with E-state index in [1.54, 1.807) is 0 Å². The molecule has 22 heavy (non-hydrogen) atoms. The molecule has 0 aliphatic carbocycles. The molecule has 0 spiro atoms. The largest absolute Gasteiger partial charge is 0.367 e.